The van der Waals surface area contributed by atoms with Crippen LogP contribution in [0.1, 0.15) is 44.5 Å². The summed E-state index contributed by atoms with van der Waals surface area (Å²) < 4.78 is 2.61. The Labute approximate surface area is 96.5 Å². The quantitative estimate of drug-likeness (QED) is 0.671. The van der Waals surface area contributed by atoms with E-state index in [-0.39, 0.29) is 0 Å². The second kappa shape index (κ2) is 4.48. The molecule has 0 amide bonds. The third kappa shape index (κ3) is 2.15. The van der Waals surface area contributed by atoms with E-state index < -0.39 is 0 Å². The largest absolute Gasteiger partial charge is 0.229 e. The Balaban J connectivity index is 2.30. The van der Waals surface area contributed by atoms with Crippen molar-refractivity contribution in [1.29, 1.82) is 0 Å². The van der Waals surface area contributed by atoms with E-state index in [0.29, 0.717) is 12.0 Å². The summed E-state index contributed by atoms with van der Waals surface area (Å²) in [6, 6.07) is 5.11. The van der Waals surface area contributed by atoms with E-state index in [1.54, 1.807) is 5.71 Å². The van der Waals surface area contributed by atoms with Gasteiger partial charge in [-0.3, -0.25) is 0 Å². The Morgan fingerprint density at radius 2 is 2.33 bits per heavy atom. The Hall–Kier alpha value is -0.630. The average molecular weight is 222 g/mol. The third-order valence-electron chi connectivity index (χ3n) is 3.41. The number of thiophene rings is 1. The first kappa shape index (κ1) is 10.9. The summed E-state index contributed by atoms with van der Waals surface area (Å²) in [6.07, 6.45) is 2.66. The summed E-state index contributed by atoms with van der Waals surface area (Å²) in [5, 5.41) is 2.19. The lowest BCUT2D eigenvalue weighted by molar-refractivity contribution is -0.552. The molecule has 0 radical (unpaired) electrons. The molecule has 1 aromatic rings. The first-order chi connectivity index (χ1) is 7.20. The molecule has 1 aromatic heterocycles. The Morgan fingerprint density at radius 1 is 1.53 bits per heavy atom. The van der Waals surface area contributed by atoms with Gasteiger partial charge in [-0.1, -0.05) is 19.9 Å². The molecule has 0 saturated carbocycles. The normalized spacial score (nSPS) is 24.9. The van der Waals surface area contributed by atoms with Crippen molar-refractivity contribution in [2.75, 3.05) is 6.54 Å². The minimum Gasteiger partial charge on any atom is -0.229 e. The summed E-state index contributed by atoms with van der Waals surface area (Å²) in [6.45, 7) is 8.11. The highest BCUT2D eigenvalue weighted by atomic mass is 32.1. The Bertz CT molecular complexity index is 349. The van der Waals surface area contributed by atoms with Crippen LogP contribution in [-0.4, -0.2) is 16.8 Å². The molecular formula is C13H20NS+. The van der Waals surface area contributed by atoms with Gasteiger partial charge in [-0.15, -0.1) is 11.3 Å². The molecule has 1 unspecified atom stereocenters. The molecule has 1 atom stereocenters. The zero-order valence-electron chi connectivity index (χ0n) is 9.86. The molecule has 1 aliphatic heterocycles. The highest BCUT2D eigenvalue weighted by Crippen LogP contribution is 2.32. The van der Waals surface area contributed by atoms with Gasteiger partial charge in [0.1, 0.15) is 6.54 Å². The minimum absolute atomic E-state index is 0.660. The van der Waals surface area contributed by atoms with Crippen LogP contribution >= 0.6 is 11.3 Å². The average Bonchev–Trinajstić information content (AvgIpc) is 2.86. The lowest BCUT2D eigenvalue weighted by Crippen LogP contribution is -2.22. The predicted octanol–water partition coefficient (Wildman–Crippen LogP) is 3.71. The van der Waals surface area contributed by atoms with E-state index in [1.807, 2.05) is 11.3 Å². The molecule has 1 saturated heterocycles. The Morgan fingerprint density at radius 3 is 2.93 bits per heavy atom. The summed E-state index contributed by atoms with van der Waals surface area (Å²) >= 11 is 1.90. The van der Waals surface area contributed by atoms with Gasteiger partial charge in [0.25, 0.3) is 0 Å². The molecule has 2 heterocycles. The highest BCUT2D eigenvalue weighted by molar-refractivity contribution is 7.10. The van der Waals surface area contributed by atoms with Gasteiger partial charge in [-0.2, -0.15) is 0 Å². The van der Waals surface area contributed by atoms with Gasteiger partial charge < -0.3 is 0 Å². The number of hydrogen-bond acceptors (Lipinski definition) is 1. The molecule has 0 aliphatic carbocycles. The van der Waals surface area contributed by atoms with Crippen LogP contribution in [0.4, 0.5) is 0 Å². The molecule has 1 fully saturated rings. The number of hydrogen-bond donors (Lipinski definition) is 0. The molecule has 0 bridgehead atoms. The smallest absolute Gasteiger partial charge is 0.187 e. The lowest BCUT2D eigenvalue weighted by atomic mass is 10.1. The van der Waals surface area contributed by atoms with Gasteiger partial charge in [-0.05, 0) is 11.4 Å². The van der Waals surface area contributed by atoms with E-state index >= 15 is 0 Å². The van der Waals surface area contributed by atoms with Crippen molar-refractivity contribution < 1.29 is 4.58 Å². The molecule has 0 aromatic carbocycles. The molecule has 2 heteroatoms. The van der Waals surface area contributed by atoms with Crippen LogP contribution in [0.2, 0.25) is 0 Å². The van der Waals surface area contributed by atoms with Crippen LogP contribution in [-0.2, 0) is 0 Å². The van der Waals surface area contributed by atoms with Gasteiger partial charge in [0.05, 0.1) is 4.88 Å². The van der Waals surface area contributed by atoms with E-state index in [1.165, 1.54) is 24.3 Å². The molecular weight excluding hydrogens is 202 g/mol. The SMILES string of the molecule is CC(C(C)C)=[N+]1CCCC1c1cccs1. The van der Waals surface area contributed by atoms with Gasteiger partial charge >= 0.3 is 0 Å². The highest BCUT2D eigenvalue weighted by Gasteiger charge is 2.32. The van der Waals surface area contributed by atoms with Crippen LogP contribution in [0, 0.1) is 5.92 Å². The predicted molar refractivity (Wildman–Crippen MR) is 66.9 cm³/mol. The van der Waals surface area contributed by atoms with Crippen molar-refractivity contribution in [1.82, 2.24) is 0 Å². The first-order valence-corrected chi connectivity index (χ1v) is 6.71. The van der Waals surface area contributed by atoms with Gasteiger partial charge in [-0.25, -0.2) is 4.58 Å². The molecule has 0 spiro atoms. The van der Waals surface area contributed by atoms with Crippen LogP contribution in [0.5, 0.6) is 0 Å². The van der Waals surface area contributed by atoms with E-state index in [0.717, 1.165) is 0 Å². The van der Waals surface area contributed by atoms with Gasteiger partial charge in [0.15, 0.2) is 11.8 Å². The molecule has 15 heavy (non-hydrogen) atoms. The fourth-order valence-corrected chi connectivity index (χ4v) is 3.17. The second-order valence-corrected chi connectivity index (χ2v) is 5.64. The topological polar surface area (TPSA) is 3.01 Å². The monoisotopic (exact) mass is 222 g/mol. The molecule has 1 aliphatic rings. The molecule has 82 valence electrons. The van der Waals surface area contributed by atoms with Crippen molar-refractivity contribution in [3.05, 3.63) is 22.4 Å². The van der Waals surface area contributed by atoms with Gasteiger partial charge in [0, 0.05) is 25.7 Å². The molecule has 0 N–H and O–H groups in total. The first-order valence-electron chi connectivity index (χ1n) is 5.83. The van der Waals surface area contributed by atoms with Crippen LogP contribution in [0.15, 0.2) is 17.5 Å². The minimum atomic E-state index is 0.660. The van der Waals surface area contributed by atoms with Crippen LogP contribution < -0.4 is 0 Å². The van der Waals surface area contributed by atoms with Crippen molar-refractivity contribution in [3.63, 3.8) is 0 Å². The zero-order chi connectivity index (χ0) is 10.8. The third-order valence-corrected chi connectivity index (χ3v) is 4.39. The Kier molecular flexibility index (Phi) is 3.25. The second-order valence-electron chi connectivity index (χ2n) is 4.66. The number of nitrogens with zero attached hydrogens (tertiary/aromatic N) is 1. The van der Waals surface area contributed by atoms with E-state index in [2.05, 4.69) is 42.9 Å². The van der Waals surface area contributed by atoms with Crippen molar-refractivity contribution in [2.24, 2.45) is 5.92 Å². The summed E-state index contributed by atoms with van der Waals surface area (Å²) in [4.78, 5) is 1.53. The van der Waals surface area contributed by atoms with Crippen molar-refractivity contribution >= 4 is 17.0 Å². The zero-order valence-corrected chi connectivity index (χ0v) is 10.7. The number of rotatable bonds is 2. The van der Waals surface area contributed by atoms with Gasteiger partial charge in [0.2, 0.25) is 0 Å². The summed E-state index contributed by atoms with van der Waals surface area (Å²) in [5.74, 6) is 0.672. The fourth-order valence-electron chi connectivity index (χ4n) is 2.30. The van der Waals surface area contributed by atoms with Crippen LogP contribution in [0.25, 0.3) is 0 Å². The van der Waals surface area contributed by atoms with E-state index in [4.69, 9.17) is 0 Å². The van der Waals surface area contributed by atoms with Crippen molar-refractivity contribution in [3.8, 4) is 0 Å². The maximum absolute atomic E-state index is 2.61. The molecule has 1 nitrogen and oxygen atoms in total. The lowest BCUT2D eigenvalue weighted by Gasteiger charge is -2.10. The summed E-state index contributed by atoms with van der Waals surface area (Å²) in [7, 11) is 0. The van der Waals surface area contributed by atoms with Crippen LogP contribution in [0.3, 0.4) is 0 Å². The van der Waals surface area contributed by atoms with Crippen molar-refractivity contribution in [2.45, 2.75) is 39.7 Å². The maximum atomic E-state index is 2.61. The summed E-state index contributed by atoms with van der Waals surface area (Å²) in [5.41, 5.74) is 1.55. The molecule has 2 rings (SSSR count). The van der Waals surface area contributed by atoms with E-state index in [9.17, 15) is 0 Å². The standard InChI is InChI=1S/C13H20NS/c1-10(2)11(3)14-8-4-6-12(14)13-7-5-9-15-13/h5,7,9-10,12H,4,6,8H2,1-3H3/q+1. The maximum Gasteiger partial charge on any atom is 0.187 e. The fraction of sp³-hybridized carbons (Fsp3) is 0.615.